The van der Waals surface area contributed by atoms with Crippen LogP contribution in [-0.2, 0) is 0 Å². The zero-order valence-corrected chi connectivity index (χ0v) is 13.0. The molecule has 2 heteroatoms. The van der Waals surface area contributed by atoms with Gasteiger partial charge in [0.2, 0.25) is 0 Å². The Labute approximate surface area is 119 Å². The maximum Gasteiger partial charge on any atom is 0.00954 e. The second-order valence-electron chi connectivity index (χ2n) is 7.80. The molecule has 0 radical (unpaired) electrons. The first-order valence-electron chi connectivity index (χ1n) is 8.64. The predicted octanol–water partition coefficient (Wildman–Crippen LogP) is 3.28. The summed E-state index contributed by atoms with van der Waals surface area (Å²) < 4.78 is 0. The maximum atomic E-state index is 3.53. The third-order valence-electron chi connectivity index (χ3n) is 5.85. The molecule has 0 bridgehead atoms. The molecule has 1 unspecified atom stereocenters. The molecule has 1 saturated heterocycles. The molecule has 1 heterocycles. The van der Waals surface area contributed by atoms with Crippen LogP contribution < -0.4 is 5.32 Å². The van der Waals surface area contributed by atoms with E-state index in [2.05, 4.69) is 24.1 Å². The molecule has 2 nitrogen and oxygen atoms in total. The first-order chi connectivity index (χ1) is 9.20. The van der Waals surface area contributed by atoms with Crippen LogP contribution in [0.2, 0.25) is 0 Å². The molecule has 3 fully saturated rings. The summed E-state index contributed by atoms with van der Waals surface area (Å²) in [5, 5.41) is 3.53. The van der Waals surface area contributed by atoms with E-state index in [4.69, 9.17) is 0 Å². The highest BCUT2D eigenvalue weighted by molar-refractivity contribution is 5.05. The van der Waals surface area contributed by atoms with Crippen LogP contribution in [0.5, 0.6) is 0 Å². The summed E-state index contributed by atoms with van der Waals surface area (Å²) in [6, 6.07) is 0.918. The van der Waals surface area contributed by atoms with Gasteiger partial charge in [-0.2, -0.15) is 0 Å². The molecule has 3 aliphatic rings. The van der Waals surface area contributed by atoms with E-state index in [0.717, 1.165) is 23.3 Å². The Hall–Kier alpha value is -0.0800. The molecular formula is C17H32N2. The highest BCUT2D eigenvalue weighted by Gasteiger charge is 2.54. The van der Waals surface area contributed by atoms with Crippen molar-refractivity contribution in [2.24, 2.45) is 17.3 Å². The summed E-state index contributed by atoms with van der Waals surface area (Å²) in [4.78, 5) is 2.87. The van der Waals surface area contributed by atoms with Crippen molar-refractivity contribution in [2.75, 3.05) is 26.2 Å². The van der Waals surface area contributed by atoms with Gasteiger partial charge in [0.25, 0.3) is 0 Å². The Balaban J connectivity index is 1.55. The zero-order valence-electron chi connectivity index (χ0n) is 13.0. The number of hydrogen-bond acceptors (Lipinski definition) is 2. The second kappa shape index (κ2) is 5.73. The normalized spacial score (nSPS) is 30.6. The average molecular weight is 264 g/mol. The van der Waals surface area contributed by atoms with Crippen LogP contribution in [0, 0.1) is 17.3 Å². The Morgan fingerprint density at radius 2 is 1.84 bits per heavy atom. The Morgan fingerprint density at radius 3 is 2.47 bits per heavy atom. The molecular weight excluding hydrogens is 232 g/mol. The molecule has 2 aliphatic carbocycles. The lowest BCUT2D eigenvalue weighted by Gasteiger charge is -2.32. The van der Waals surface area contributed by atoms with Crippen molar-refractivity contribution in [1.82, 2.24) is 10.2 Å². The smallest absolute Gasteiger partial charge is 0.00954 e. The minimum atomic E-state index is 0.763. The highest BCUT2D eigenvalue weighted by Crippen LogP contribution is 2.58. The van der Waals surface area contributed by atoms with Gasteiger partial charge in [0.15, 0.2) is 0 Å². The lowest BCUT2D eigenvalue weighted by molar-refractivity contribution is 0.155. The fourth-order valence-corrected chi connectivity index (χ4v) is 4.62. The molecule has 0 aromatic rings. The molecule has 1 atom stereocenters. The highest BCUT2D eigenvalue weighted by atomic mass is 15.2. The quantitative estimate of drug-likeness (QED) is 0.820. The SMILES string of the molecule is CC(C)CN(CC1CC12CCNCC2)C1CCCC1. The molecule has 110 valence electrons. The van der Waals surface area contributed by atoms with Crippen LogP contribution in [0.15, 0.2) is 0 Å². The van der Waals surface area contributed by atoms with Crippen LogP contribution in [-0.4, -0.2) is 37.1 Å². The van der Waals surface area contributed by atoms with Gasteiger partial charge in [-0.15, -0.1) is 0 Å². The number of rotatable bonds is 5. The first-order valence-corrected chi connectivity index (χ1v) is 8.64. The molecule has 1 aliphatic heterocycles. The van der Waals surface area contributed by atoms with Gasteiger partial charge >= 0.3 is 0 Å². The third kappa shape index (κ3) is 3.16. The summed E-state index contributed by atoms with van der Waals surface area (Å²) >= 11 is 0. The number of piperidine rings is 1. The lowest BCUT2D eigenvalue weighted by atomic mass is 9.91. The summed E-state index contributed by atoms with van der Waals surface area (Å²) in [5.41, 5.74) is 0.763. The molecule has 2 saturated carbocycles. The van der Waals surface area contributed by atoms with E-state index in [0.29, 0.717) is 0 Å². The van der Waals surface area contributed by atoms with Gasteiger partial charge in [-0.1, -0.05) is 26.7 Å². The summed E-state index contributed by atoms with van der Waals surface area (Å²) in [7, 11) is 0. The van der Waals surface area contributed by atoms with E-state index < -0.39 is 0 Å². The molecule has 19 heavy (non-hydrogen) atoms. The average Bonchev–Trinajstić information content (AvgIpc) is 2.82. The minimum Gasteiger partial charge on any atom is -0.317 e. The van der Waals surface area contributed by atoms with Crippen molar-refractivity contribution < 1.29 is 0 Å². The van der Waals surface area contributed by atoms with Gasteiger partial charge in [0.1, 0.15) is 0 Å². The van der Waals surface area contributed by atoms with Crippen molar-refractivity contribution >= 4 is 0 Å². The molecule has 0 aromatic carbocycles. The predicted molar refractivity (Wildman–Crippen MR) is 81.3 cm³/mol. The van der Waals surface area contributed by atoms with Gasteiger partial charge in [0, 0.05) is 19.1 Å². The fourth-order valence-electron chi connectivity index (χ4n) is 4.62. The van der Waals surface area contributed by atoms with Crippen molar-refractivity contribution in [3.05, 3.63) is 0 Å². The summed E-state index contributed by atoms with van der Waals surface area (Å²) in [6.45, 7) is 10.0. The minimum absolute atomic E-state index is 0.763. The van der Waals surface area contributed by atoms with E-state index >= 15 is 0 Å². The van der Waals surface area contributed by atoms with E-state index in [1.165, 1.54) is 71.1 Å². The summed E-state index contributed by atoms with van der Waals surface area (Å²) in [5.74, 6) is 1.84. The zero-order chi connectivity index (χ0) is 13.3. The monoisotopic (exact) mass is 264 g/mol. The molecule has 3 rings (SSSR count). The van der Waals surface area contributed by atoms with Crippen LogP contribution in [0.1, 0.15) is 58.8 Å². The van der Waals surface area contributed by atoms with Crippen molar-refractivity contribution in [3.8, 4) is 0 Å². The van der Waals surface area contributed by atoms with Crippen LogP contribution in [0.25, 0.3) is 0 Å². The molecule has 1 spiro atoms. The second-order valence-corrected chi connectivity index (χ2v) is 7.80. The van der Waals surface area contributed by atoms with Gasteiger partial charge < -0.3 is 5.32 Å². The van der Waals surface area contributed by atoms with Crippen molar-refractivity contribution in [2.45, 2.75) is 64.8 Å². The molecule has 1 N–H and O–H groups in total. The van der Waals surface area contributed by atoms with Crippen LogP contribution >= 0.6 is 0 Å². The van der Waals surface area contributed by atoms with Crippen molar-refractivity contribution in [1.29, 1.82) is 0 Å². The van der Waals surface area contributed by atoms with Gasteiger partial charge in [-0.3, -0.25) is 4.90 Å². The lowest BCUT2D eigenvalue weighted by Crippen LogP contribution is -2.39. The van der Waals surface area contributed by atoms with Crippen LogP contribution in [0.4, 0.5) is 0 Å². The number of hydrogen-bond donors (Lipinski definition) is 1. The Bertz CT molecular complexity index is 288. The summed E-state index contributed by atoms with van der Waals surface area (Å²) in [6.07, 6.45) is 10.3. The van der Waals surface area contributed by atoms with E-state index in [1.807, 2.05) is 0 Å². The molecule has 0 aromatic heterocycles. The third-order valence-corrected chi connectivity index (χ3v) is 5.85. The van der Waals surface area contributed by atoms with E-state index in [1.54, 1.807) is 0 Å². The topological polar surface area (TPSA) is 15.3 Å². The maximum absolute atomic E-state index is 3.53. The fraction of sp³-hybridized carbons (Fsp3) is 1.00. The van der Waals surface area contributed by atoms with E-state index in [9.17, 15) is 0 Å². The standard InChI is InChI=1S/C17H32N2/c1-14(2)12-19(16-5-3-4-6-16)13-15-11-17(15)7-9-18-10-8-17/h14-16,18H,3-13H2,1-2H3. The number of nitrogens with one attached hydrogen (secondary N) is 1. The Kier molecular flexibility index (Phi) is 4.19. The van der Waals surface area contributed by atoms with Gasteiger partial charge in [-0.25, -0.2) is 0 Å². The van der Waals surface area contributed by atoms with Crippen molar-refractivity contribution in [3.63, 3.8) is 0 Å². The molecule has 0 amide bonds. The number of nitrogens with zero attached hydrogens (tertiary/aromatic N) is 1. The van der Waals surface area contributed by atoms with Crippen LogP contribution in [0.3, 0.4) is 0 Å². The first kappa shape index (κ1) is 13.9. The largest absolute Gasteiger partial charge is 0.317 e. The van der Waals surface area contributed by atoms with E-state index in [-0.39, 0.29) is 0 Å². The van der Waals surface area contributed by atoms with Gasteiger partial charge in [-0.05, 0) is 62.4 Å². The Morgan fingerprint density at radius 1 is 1.16 bits per heavy atom. The van der Waals surface area contributed by atoms with Gasteiger partial charge in [0.05, 0.1) is 0 Å².